The number of hydrogen-bond acceptors (Lipinski definition) is 3. The minimum absolute atomic E-state index is 0.394. The number of ether oxygens (including phenoxy) is 2. The van der Waals surface area contributed by atoms with Crippen molar-refractivity contribution in [3.8, 4) is 5.75 Å². The molecule has 0 N–H and O–H groups in total. The van der Waals surface area contributed by atoms with Gasteiger partial charge < -0.3 is 9.47 Å². The quantitative estimate of drug-likeness (QED) is 0.710. The number of benzene rings is 1. The molecule has 3 heteroatoms. The normalized spacial score (nSPS) is 9.47. The Balaban J connectivity index is 3.14. The molecular formula is C12H14O3. The molecule has 0 heterocycles. The smallest absolute Gasteiger partial charge is 0.341 e. The predicted octanol–water partition coefficient (Wildman–Crippen LogP) is 2.51. The van der Waals surface area contributed by atoms with E-state index in [1.54, 1.807) is 24.3 Å². The zero-order valence-corrected chi connectivity index (χ0v) is 8.95. The van der Waals surface area contributed by atoms with Crippen molar-refractivity contribution in [3.05, 3.63) is 35.9 Å². The Morgan fingerprint density at radius 2 is 2.27 bits per heavy atom. The molecule has 80 valence electrons. The fourth-order valence-corrected chi connectivity index (χ4v) is 1.22. The molecule has 0 aromatic heterocycles. The van der Waals surface area contributed by atoms with Crippen LogP contribution in [0.1, 0.15) is 22.8 Å². The monoisotopic (exact) mass is 206 g/mol. The summed E-state index contributed by atoms with van der Waals surface area (Å²) in [4.78, 5) is 11.4. The van der Waals surface area contributed by atoms with E-state index in [9.17, 15) is 4.79 Å². The highest BCUT2D eigenvalue weighted by molar-refractivity contribution is 5.92. The van der Waals surface area contributed by atoms with Crippen LogP contribution in [-0.4, -0.2) is 19.7 Å². The largest absolute Gasteiger partial charge is 0.493 e. The van der Waals surface area contributed by atoms with Crippen molar-refractivity contribution in [1.29, 1.82) is 0 Å². The third kappa shape index (κ3) is 2.59. The van der Waals surface area contributed by atoms with Crippen LogP contribution in [0, 0.1) is 0 Å². The predicted molar refractivity (Wildman–Crippen MR) is 59.0 cm³/mol. The molecule has 0 aliphatic carbocycles. The van der Waals surface area contributed by atoms with Crippen LogP contribution in [0.2, 0.25) is 0 Å². The van der Waals surface area contributed by atoms with Crippen molar-refractivity contribution in [3.63, 3.8) is 0 Å². The van der Waals surface area contributed by atoms with Gasteiger partial charge in [-0.1, -0.05) is 18.7 Å². The van der Waals surface area contributed by atoms with E-state index in [1.165, 1.54) is 7.11 Å². The summed E-state index contributed by atoms with van der Waals surface area (Å²) in [5, 5.41) is 0. The van der Waals surface area contributed by atoms with E-state index < -0.39 is 5.97 Å². The highest BCUT2D eigenvalue weighted by Crippen LogP contribution is 2.22. The molecular weight excluding hydrogens is 192 g/mol. The van der Waals surface area contributed by atoms with Crippen LogP contribution in [0.5, 0.6) is 5.75 Å². The van der Waals surface area contributed by atoms with Gasteiger partial charge in [0.25, 0.3) is 0 Å². The molecule has 0 unspecified atom stereocenters. The molecule has 0 bridgehead atoms. The lowest BCUT2D eigenvalue weighted by atomic mass is 10.1. The van der Waals surface area contributed by atoms with Crippen LogP contribution in [0.15, 0.2) is 24.8 Å². The van der Waals surface area contributed by atoms with Crippen molar-refractivity contribution in [2.45, 2.75) is 6.92 Å². The van der Waals surface area contributed by atoms with E-state index >= 15 is 0 Å². The van der Waals surface area contributed by atoms with E-state index in [1.807, 2.05) is 6.92 Å². The first kappa shape index (κ1) is 11.3. The minimum atomic E-state index is -0.394. The molecule has 15 heavy (non-hydrogen) atoms. The Hall–Kier alpha value is -1.77. The van der Waals surface area contributed by atoms with Crippen LogP contribution in [0.25, 0.3) is 6.08 Å². The maximum atomic E-state index is 11.4. The van der Waals surface area contributed by atoms with Gasteiger partial charge in [0.05, 0.1) is 13.7 Å². The number of rotatable bonds is 4. The van der Waals surface area contributed by atoms with Gasteiger partial charge in [0.1, 0.15) is 11.3 Å². The Kier molecular flexibility index (Phi) is 3.92. The molecule has 3 nitrogen and oxygen atoms in total. The maximum Gasteiger partial charge on any atom is 0.341 e. The summed E-state index contributed by atoms with van der Waals surface area (Å²) in [5.74, 6) is 0.135. The summed E-state index contributed by atoms with van der Waals surface area (Å²) in [6.07, 6.45) is 1.70. The summed E-state index contributed by atoms with van der Waals surface area (Å²) in [5.41, 5.74) is 1.34. The van der Waals surface area contributed by atoms with Gasteiger partial charge >= 0.3 is 5.97 Å². The van der Waals surface area contributed by atoms with Crippen LogP contribution in [-0.2, 0) is 4.74 Å². The number of esters is 1. The molecule has 0 aliphatic heterocycles. The van der Waals surface area contributed by atoms with Crippen LogP contribution < -0.4 is 4.74 Å². The van der Waals surface area contributed by atoms with Crippen LogP contribution in [0.3, 0.4) is 0 Å². The summed E-state index contributed by atoms with van der Waals surface area (Å²) in [6, 6.07) is 5.23. The molecule has 1 aromatic carbocycles. The van der Waals surface area contributed by atoms with Crippen molar-refractivity contribution < 1.29 is 14.3 Å². The maximum absolute atomic E-state index is 11.4. The molecule has 0 fully saturated rings. The lowest BCUT2D eigenvalue weighted by Crippen LogP contribution is -2.05. The minimum Gasteiger partial charge on any atom is -0.493 e. The average Bonchev–Trinajstić information content (AvgIpc) is 2.28. The topological polar surface area (TPSA) is 35.5 Å². The molecule has 0 saturated carbocycles. The summed E-state index contributed by atoms with van der Waals surface area (Å²) in [6.45, 7) is 6.02. The molecule has 1 rings (SSSR count). The number of hydrogen-bond donors (Lipinski definition) is 0. The lowest BCUT2D eigenvalue weighted by Gasteiger charge is -2.09. The van der Waals surface area contributed by atoms with Gasteiger partial charge in [0.15, 0.2) is 0 Å². The van der Waals surface area contributed by atoms with E-state index in [0.29, 0.717) is 17.9 Å². The summed E-state index contributed by atoms with van der Waals surface area (Å²) >= 11 is 0. The summed E-state index contributed by atoms with van der Waals surface area (Å²) < 4.78 is 10.0. The van der Waals surface area contributed by atoms with Gasteiger partial charge in [-0.15, -0.1) is 0 Å². The fraction of sp³-hybridized carbons (Fsp3) is 0.250. The molecule has 0 aliphatic rings. The van der Waals surface area contributed by atoms with Crippen molar-refractivity contribution in [2.75, 3.05) is 13.7 Å². The second-order valence-electron chi connectivity index (χ2n) is 2.88. The molecule has 1 aromatic rings. The number of methoxy groups -OCH3 is 1. The van der Waals surface area contributed by atoms with Gasteiger partial charge in [0.2, 0.25) is 0 Å². The SMILES string of the molecule is C=Cc1ccc(C(=O)OC)c(OCC)c1. The fourth-order valence-electron chi connectivity index (χ4n) is 1.22. The lowest BCUT2D eigenvalue weighted by molar-refractivity contribution is 0.0596. The first-order valence-corrected chi connectivity index (χ1v) is 4.70. The average molecular weight is 206 g/mol. The van der Waals surface area contributed by atoms with Gasteiger partial charge in [0, 0.05) is 0 Å². The second kappa shape index (κ2) is 5.20. The van der Waals surface area contributed by atoms with Gasteiger partial charge in [-0.3, -0.25) is 0 Å². The second-order valence-corrected chi connectivity index (χ2v) is 2.88. The van der Waals surface area contributed by atoms with Crippen molar-refractivity contribution >= 4 is 12.0 Å². The first-order valence-electron chi connectivity index (χ1n) is 4.70. The van der Waals surface area contributed by atoms with Crippen molar-refractivity contribution in [1.82, 2.24) is 0 Å². The van der Waals surface area contributed by atoms with Gasteiger partial charge in [-0.05, 0) is 24.6 Å². The third-order valence-electron chi connectivity index (χ3n) is 1.95. The number of carbonyl (C=O) groups excluding carboxylic acids is 1. The Bertz CT molecular complexity index is 369. The van der Waals surface area contributed by atoms with E-state index in [2.05, 4.69) is 11.3 Å². The Labute approximate surface area is 89.3 Å². The molecule has 0 radical (unpaired) electrons. The van der Waals surface area contributed by atoms with Gasteiger partial charge in [-0.25, -0.2) is 4.79 Å². The van der Waals surface area contributed by atoms with E-state index in [-0.39, 0.29) is 0 Å². The van der Waals surface area contributed by atoms with E-state index in [0.717, 1.165) is 5.56 Å². The highest BCUT2D eigenvalue weighted by Gasteiger charge is 2.12. The van der Waals surface area contributed by atoms with E-state index in [4.69, 9.17) is 4.74 Å². The molecule has 0 atom stereocenters. The molecule has 0 amide bonds. The van der Waals surface area contributed by atoms with Crippen LogP contribution in [0.4, 0.5) is 0 Å². The zero-order chi connectivity index (χ0) is 11.3. The Morgan fingerprint density at radius 3 is 2.80 bits per heavy atom. The standard InChI is InChI=1S/C12H14O3/c1-4-9-6-7-10(12(13)14-3)11(8-9)15-5-2/h4,6-8H,1,5H2,2-3H3. The van der Waals surface area contributed by atoms with Crippen molar-refractivity contribution in [2.24, 2.45) is 0 Å². The number of carbonyl (C=O) groups is 1. The zero-order valence-electron chi connectivity index (χ0n) is 8.95. The van der Waals surface area contributed by atoms with Crippen LogP contribution >= 0.6 is 0 Å². The molecule has 0 spiro atoms. The third-order valence-corrected chi connectivity index (χ3v) is 1.95. The molecule has 0 saturated heterocycles. The highest BCUT2D eigenvalue weighted by atomic mass is 16.5. The summed E-state index contributed by atoms with van der Waals surface area (Å²) in [7, 11) is 1.35. The first-order chi connectivity index (χ1) is 7.22. The Morgan fingerprint density at radius 1 is 1.53 bits per heavy atom. The van der Waals surface area contributed by atoms with Gasteiger partial charge in [-0.2, -0.15) is 0 Å².